The maximum Gasteiger partial charge on any atom is 0.0702 e. The largest absolute Gasteiger partial charge is 0.256 e. The third-order valence-corrected chi connectivity index (χ3v) is 3.38. The molecule has 1 aromatic heterocycles. The van der Waals surface area contributed by atoms with Crippen LogP contribution in [0.5, 0.6) is 0 Å². The van der Waals surface area contributed by atoms with Crippen molar-refractivity contribution >= 4 is 0 Å². The summed E-state index contributed by atoms with van der Waals surface area (Å²) in [4.78, 5) is 4.49. The van der Waals surface area contributed by atoms with Crippen molar-refractivity contribution in [1.29, 1.82) is 0 Å². The fourth-order valence-corrected chi connectivity index (χ4v) is 2.24. The van der Waals surface area contributed by atoms with Crippen LogP contribution in [0.2, 0.25) is 0 Å². The molecule has 18 heavy (non-hydrogen) atoms. The van der Waals surface area contributed by atoms with Crippen molar-refractivity contribution in [2.75, 3.05) is 0 Å². The van der Waals surface area contributed by atoms with Crippen LogP contribution in [0.4, 0.5) is 0 Å². The second kappa shape index (κ2) is 5.81. The Kier molecular flexibility index (Phi) is 4.14. The third-order valence-electron chi connectivity index (χ3n) is 3.38. The van der Waals surface area contributed by atoms with Gasteiger partial charge in [-0.25, -0.2) is 0 Å². The highest BCUT2D eigenvalue weighted by Crippen LogP contribution is 2.25. The number of pyridine rings is 1. The molecule has 1 atom stereocenters. The molecule has 1 aromatic carbocycles. The minimum atomic E-state index is 0.625. The number of aromatic nitrogens is 1. The molecular weight excluding hydrogens is 218 g/mol. The van der Waals surface area contributed by atoms with Crippen molar-refractivity contribution < 1.29 is 0 Å². The Morgan fingerprint density at radius 2 is 2.00 bits per heavy atom. The lowest BCUT2D eigenvalue weighted by Crippen LogP contribution is -1.93. The molecule has 0 fully saturated rings. The Hall–Kier alpha value is -1.63. The van der Waals surface area contributed by atoms with Gasteiger partial charge in [-0.3, -0.25) is 4.98 Å². The molecule has 0 N–H and O–H groups in total. The number of rotatable bonds is 4. The first-order valence-electron chi connectivity index (χ1n) is 6.73. The summed E-state index contributed by atoms with van der Waals surface area (Å²) < 4.78 is 0. The monoisotopic (exact) mass is 239 g/mol. The third kappa shape index (κ3) is 2.98. The molecule has 1 heterocycles. The van der Waals surface area contributed by atoms with Crippen molar-refractivity contribution in [3.8, 4) is 11.3 Å². The van der Waals surface area contributed by atoms with Gasteiger partial charge >= 0.3 is 0 Å². The minimum Gasteiger partial charge on any atom is -0.256 e. The molecule has 0 aliphatic carbocycles. The molecule has 0 saturated heterocycles. The molecule has 1 unspecified atom stereocenters. The summed E-state index contributed by atoms with van der Waals surface area (Å²) in [5.74, 6) is 0.625. The summed E-state index contributed by atoms with van der Waals surface area (Å²) in [5.41, 5.74) is 4.90. The van der Waals surface area contributed by atoms with Crippen LogP contribution in [-0.2, 0) is 0 Å². The fraction of sp³-hybridized carbons (Fsp3) is 0.353. The van der Waals surface area contributed by atoms with E-state index in [-0.39, 0.29) is 0 Å². The second-order valence-corrected chi connectivity index (χ2v) is 5.04. The Labute approximate surface area is 110 Å². The lowest BCUT2D eigenvalue weighted by molar-refractivity contribution is 0.665. The molecule has 0 amide bonds. The number of aryl methyl sites for hydroxylation is 1. The minimum absolute atomic E-state index is 0.625. The van der Waals surface area contributed by atoms with Gasteiger partial charge in [0, 0.05) is 11.8 Å². The maximum absolute atomic E-state index is 4.49. The zero-order valence-corrected chi connectivity index (χ0v) is 11.5. The smallest absolute Gasteiger partial charge is 0.0702 e. The number of nitrogens with zero attached hydrogens (tertiary/aromatic N) is 1. The molecule has 0 aliphatic heterocycles. The lowest BCUT2D eigenvalue weighted by atomic mass is 9.94. The molecule has 0 spiro atoms. The lowest BCUT2D eigenvalue weighted by Gasteiger charge is -2.12. The van der Waals surface area contributed by atoms with Crippen molar-refractivity contribution in [3.63, 3.8) is 0 Å². The summed E-state index contributed by atoms with van der Waals surface area (Å²) in [6, 6.07) is 13.0. The maximum atomic E-state index is 4.49. The van der Waals surface area contributed by atoms with Crippen LogP contribution in [-0.4, -0.2) is 4.98 Å². The Balaban J connectivity index is 2.29. The van der Waals surface area contributed by atoms with E-state index in [9.17, 15) is 0 Å². The van der Waals surface area contributed by atoms with Crippen LogP contribution in [0.15, 0.2) is 42.6 Å². The van der Waals surface area contributed by atoms with Crippen molar-refractivity contribution in [2.24, 2.45) is 0 Å². The van der Waals surface area contributed by atoms with E-state index in [1.165, 1.54) is 29.5 Å². The SMILES string of the molecule is CCCC(C)c1cccc(-c2ccc(C)cn2)c1. The van der Waals surface area contributed by atoms with Crippen LogP contribution in [0.25, 0.3) is 11.3 Å². The molecule has 0 aliphatic rings. The summed E-state index contributed by atoms with van der Waals surface area (Å²) in [6.07, 6.45) is 4.40. The average molecular weight is 239 g/mol. The fourth-order valence-electron chi connectivity index (χ4n) is 2.24. The number of hydrogen-bond donors (Lipinski definition) is 0. The van der Waals surface area contributed by atoms with Crippen LogP contribution in [0.3, 0.4) is 0 Å². The first-order chi connectivity index (χ1) is 8.70. The van der Waals surface area contributed by atoms with Crippen LogP contribution in [0, 0.1) is 6.92 Å². The first-order valence-corrected chi connectivity index (χ1v) is 6.73. The highest BCUT2D eigenvalue weighted by atomic mass is 14.7. The van der Waals surface area contributed by atoms with E-state index in [2.05, 4.69) is 62.2 Å². The van der Waals surface area contributed by atoms with E-state index in [0.29, 0.717) is 5.92 Å². The zero-order valence-electron chi connectivity index (χ0n) is 11.5. The quantitative estimate of drug-likeness (QED) is 0.734. The zero-order chi connectivity index (χ0) is 13.0. The normalized spacial score (nSPS) is 12.4. The summed E-state index contributed by atoms with van der Waals surface area (Å²) in [6.45, 7) is 6.60. The molecule has 0 bridgehead atoms. The Morgan fingerprint density at radius 3 is 2.67 bits per heavy atom. The Bertz CT molecular complexity index is 499. The van der Waals surface area contributed by atoms with Crippen LogP contribution >= 0.6 is 0 Å². The van der Waals surface area contributed by atoms with E-state index < -0.39 is 0 Å². The summed E-state index contributed by atoms with van der Waals surface area (Å²) in [5, 5.41) is 0. The van der Waals surface area contributed by atoms with E-state index in [1.54, 1.807) is 0 Å². The van der Waals surface area contributed by atoms with Crippen LogP contribution in [0.1, 0.15) is 43.7 Å². The van der Waals surface area contributed by atoms with Gasteiger partial charge in [-0.05, 0) is 42.5 Å². The van der Waals surface area contributed by atoms with Gasteiger partial charge in [-0.15, -0.1) is 0 Å². The van der Waals surface area contributed by atoms with Crippen molar-refractivity contribution in [2.45, 2.75) is 39.5 Å². The molecule has 2 aromatic rings. The van der Waals surface area contributed by atoms with E-state index in [0.717, 1.165) is 5.69 Å². The predicted octanol–water partition coefficient (Wildman–Crippen LogP) is 4.96. The number of benzene rings is 1. The molecule has 94 valence electrons. The van der Waals surface area contributed by atoms with Gasteiger partial charge in [0.2, 0.25) is 0 Å². The van der Waals surface area contributed by atoms with Crippen LogP contribution < -0.4 is 0 Å². The van der Waals surface area contributed by atoms with Gasteiger partial charge in [0.1, 0.15) is 0 Å². The highest BCUT2D eigenvalue weighted by Gasteiger charge is 2.06. The van der Waals surface area contributed by atoms with Gasteiger partial charge in [-0.2, -0.15) is 0 Å². The van der Waals surface area contributed by atoms with Gasteiger partial charge in [0.15, 0.2) is 0 Å². The molecule has 0 radical (unpaired) electrons. The van der Waals surface area contributed by atoms with Crippen molar-refractivity contribution in [3.05, 3.63) is 53.7 Å². The highest BCUT2D eigenvalue weighted by molar-refractivity contribution is 5.60. The molecule has 1 nitrogen and oxygen atoms in total. The van der Waals surface area contributed by atoms with E-state index in [1.807, 2.05) is 6.20 Å². The topological polar surface area (TPSA) is 12.9 Å². The van der Waals surface area contributed by atoms with E-state index in [4.69, 9.17) is 0 Å². The molecular formula is C17H21N. The average Bonchev–Trinajstić information content (AvgIpc) is 2.40. The summed E-state index contributed by atoms with van der Waals surface area (Å²) >= 11 is 0. The number of hydrogen-bond acceptors (Lipinski definition) is 1. The second-order valence-electron chi connectivity index (χ2n) is 5.04. The Morgan fingerprint density at radius 1 is 1.17 bits per heavy atom. The van der Waals surface area contributed by atoms with Gasteiger partial charge in [-0.1, -0.05) is 44.5 Å². The van der Waals surface area contributed by atoms with Gasteiger partial charge < -0.3 is 0 Å². The predicted molar refractivity (Wildman–Crippen MR) is 77.7 cm³/mol. The molecule has 1 heteroatoms. The van der Waals surface area contributed by atoms with Gasteiger partial charge in [0.25, 0.3) is 0 Å². The molecule has 0 saturated carbocycles. The van der Waals surface area contributed by atoms with Crippen molar-refractivity contribution in [1.82, 2.24) is 4.98 Å². The standard InChI is InChI=1S/C17H21N/c1-4-6-14(3)15-7-5-8-16(11-15)17-10-9-13(2)12-18-17/h5,7-12,14H,4,6H2,1-3H3. The van der Waals surface area contributed by atoms with Gasteiger partial charge in [0.05, 0.1) is 5.69 Å². The first kappa shape index (κ1) is 12.8. The molecule has 2 rings (SSSR count). The summed E-state index contributed by atoms with van der Waals surface area (Å²) in [7, 11) is 0. The van der Waals surface area contributed by atoms with E-state index >= 15 is 0 Å².